The molecule has 0 radical (unpaired) electrons. The molecule has 62 valence electrons. The molecule has 0 unspecified atom stereocenters. The van der Waals surface area contributed by atoms with Crippen LogP contribution in [0.4, 0.5) is 0 Å². The Kier molecular flexibility index (Phi) is 35.5. The van der Waals surface area contributed by atoms with Crippen LogP contribution in [-0.2, 0) is 0 Å². The maximum atomic E-state index is 8.00. The molecule has 0 atom stereocenters. The van der Waals surface area contributed by atoms with Crippen LogP contribution in [-0.4, -0.2) is 19.6 Å². The molecule has 11 heavy (non-hydrogen) atoms. The van der Waals surface area contributed by atoms with Crippen LogP contribution in [0.1, 0.15) is 13.3 Å². The number of nitrogens with one attached hydrogen (secondary N) is 1. The van der Waals surface area contributed by atoms with Gasteiger partial charge in [-0.15, -0.1) is 5.34 Å². The zero-order valence-electron chi connectivity index (χ0n) is 7.17. The molecule has 0 rings (SSSR count). The second-order valence-corrected chi connectivity index (χ2v) is 1.57. The molecule has 0 saturated carbocycles. The van der Waals surface area contributed by atoms with E-state index < -0.39 is 0 Å². The van der Waals surface area contributed by atoms with Gasteiger partial charge in [0.05, 0.1) is 0 Å². The van der Waals surface area contributed by atoms with E-state index >= 15 is 0 Å². The van der Waals surface area contributed by atoms with Crippen molar-refractivity contribution < 1.29 is 29.6 Å². The minimum absolute atomic E-state index is 0. The van der Waals surface area contributed by atoms with Gasteiger partial charge >= 0.3 is 29.6 Å². The second-order valence-electron chi connectivity index (χ2n) is 1.57. The first kappa shape index (κ1) is 17.4. The second kappa shape index (κ2) is 22.4. The zero-order chi connectivity index (χ0) is 8.24. The number of hydrogen-bond donors (Lipinski definition) is 2. The molecule has 0 aliphatic heterocycles. The van der Waals surface area contributed by atoms with Crippen molar-refractivity contribution in [2.75, 3.05) is 19.6 Å². The smallest absolute Gasteiger partial charge is 0.444 e. The number of rotatable bonds is 4. The van der Waals surface area contributed by atoms with Crippen LogP contribution in [0.25, 0.3) is 0 Å². The maximum absolute atomic E-state index is 8.00. The van der Waals surface area contributed by atoms with Gasteiger partial charge < -0.3 is 21.2 Å². The van der Waals surface area contributed by atoms with Gasteiger partial charge in [-0.3, -0.25) is 0 Å². The van der Waals surface area contributed by atoms with Crippen molar-refractivity contribution in [3.63, 3.8) is 0 Å². The first-order chi connectivity index (χ1) is 4.83. The Morgan fingerprint density at radius 1 is 1.64 bits per heavy atom. The van der Waals surface area contributed by atoms with Gasteiger partial charge in [0, 0.05) is 0 Å². The molecule has 0 aliphatic rings. The van der Waals surface area contributed by atoms with Gasteiger partial charge in [0.1, 0.15) is 0 Å². The minimum Gasteiger partial charge on any atom is -0.444 e. The van der Waals surface area contributed by atoms with Gasteiger partial charge in [0.25, 0.3) is 0 Å². The van der Waals surface area contributed by atoms with Crippen LogP contribution in [0.3, 0.4) is 0 Å². The number of nitrogens with two attached hydrogens (primary N) is 1. The molecule has 0 saturated heterocycles. The van der Waals surface area contributed by atoms with E-state index in [1.165, 1.54) is 0 Å². The van der Waals surface area contributed by atoms with Gasteiger partial charge in [-0.25, -0.2) is 0 Å². The Morgan fingerprint density at radius 2 is 2.09 bits per heavy atom. The summed E-state index contributed by atoms with van der Waals surface area (Å²) in [5.74, 6) is 0. The third-order valence-corrected chi connectivity index (χ3v) is 0.808. The van der Waals surface area contributed by atoms with E-state index in [1.807, 2.05) is 0 Å². The van der Waals surface area contributed by atoms with Gasteiger partial charge in [-0.05, 0) is 26.1 Å². The summed E-state index contributed by atoms with van der Waals surface area (Å²) in [6.45, 7) is 5.01. The Morgan fingerprint density at radius 3 is 2.36 bits per heavy atom. The minimum atomic E-state index is 0. The van der Waals surface area contributed by atoms with E-state index in [4.69, 9.17) is 15.8 Å². The summed E-state index contributed by atoms with van der Waals surface area (Å²) in [4.78, 5) is 8.00. The summed E-state index contributed by atoms with van der Waals surface area (Å²) < 4.78 is 0. The standard InChI is InChI=1S/C5H14N2.HNO2.Na/c1-2-7-5-3-4-6;2-1-3;/h7H,2-6H2,1H3;(H,2,3);/q;;+1/p-1. The number of hydrogen-bond acceptors (Lipinski definition) is 5. The largest absolute Gasteiger partial charge is 1.00 e. The third-order valence-electron chi connectivity index (χ3n) is 0.808. The Balaban J connectivity index is -0.000000140. The predicted octanol–water partition coefficient (Wildman–Crippen LogP) is -2.80. The molecule has 5 nitrogen and oxygen atoms in total. The van der Waals surface area contributed by atoms with Crippen LogP contribution >= 0.6 is 0 Å². The predicted molar refractivity (Wildman–Crippen MR) is 41.4 cm³/mol. The van der Waals surface area contributed by atoms with Crippen molar-refractivity contribution in [1.82, 2.24) is 5.32 Å². The van der Waals surface area contributed by atoms with Crippen LogP contribution in [0.2, 0.25) is 0 Å². The van der Waals surface area contributed by atoms with Crippen molar-refractivity contribution in [3.05, 3.63) is 10.1 Å². The fraction of sp³-hybridized carbons (Fsp3) is 1.00. The average Bonchev–Trinajstić information content (AvgIpc) is 1.91. The quantitative estimate of drug-likeness (QED) is 0.207. The van der Waals surface area contributed by atoms with Crippen molar-refractivity contribution >= 4 is 0 Å². The molecule has 0 fully saturated rings. The van der Waals surface area contributed by atoms with Crippen molar-refractivity contribution in [2.45, 2.75) is 13.3 Å². The monoisotopic (exact) mass is 171 g/mol. The normalized spacial score (nSPS) is 7.09. The molecule has 0 amide bonds. The summed E-state index contributed by atoms with van der Waals surface area (Å²) in [5.41, 5.74) is 5.23. The number of nitrogens with zero attached hydrogens (tertiary/aromatic N) is 1. The van der Waals surface area contributed by atoms with Crippen molar-refractivity contribution in [1.29, 1.82) is 0 Å². The fourth-order valence-corrected chi connectivity index (χ4v) is 0.404. The van der Waals surface area contributed by atoms with E-state index in [0.717, 1.165) is 31.4 Å². The van der Waals surface area contributed by atoms with E-state index in [1.54, 1.807) is 0 Å². The molecule has 3 N–H and O–H groups in total. The summed E-state index contributed by atoms with van der Waals surface area (Å²) >= 11 is 0. The van der Waals surface area contributed by atoms with Crippen molar-refractivity contribution in [2.24, 2.45) is 11.1 Å². The molecule has 6 heteroatoms. The molecule has 0 aromatic rings. The Hall–Kier alpha value is 0.320. The first-order valence-electron chi connectivity index (χ1n) is 3.19. The molecular weight excluding hydrogens is 157 g/mol. The Bertz CT molecular complexity index is 61.7. The average molecular weight is 171 g/mol. The third kappa shape index (κ3) is 38.3. The summed E-state index contributed by atoms with van der Waals surface area (Å²) in [7, 11) is 0. The molecule has 0 bridgehead atoms. The van der Waals surface area contributed by atoms with Crippen LogP contribution in [0, 0.1) is 10.1 Å². The van der Waals surface area contributed by atoms with E-state index in [9.17, 15) is 0 Å². The van der Waals surface area contributed by atoms with Gasteiger partial charge in [-0.2, -0.15) is 0 Å². The Labute approximate surface area is 89.0 Å². The SMILES string of the molecule is CCNCCCN.O=N[O-].[Na+]. The molecule has 0 spiro atoms. The van der Waals surface area contributed by atoms with Crippen LogP contribution in [0.15, 0.2) is 5.34 Å². The summed E-state index contributed by atoms with van der Waals surface area (Å²) in [6.07, 6.45) is 1.09. The van der Waals surface area contributed by atoms with Crippen LogP contribution < -0.4 is 40.6 Å². The van der Waals surface area contributed by atoms with Gasteiger partial charge in [0.15, 0.2) is 0 Å². The van der Waals surface area contributed by atoms with Gasteiger partial charge in [-0.1, -0.05) is 6.92 Å². The maximum Gasteiger partial charge on any atom is 1.00 e. The molecule has 0 aromatic heterocycles. The summed E-state index contributed by atoms with van der Waals surface area (Å²) in [5, 5.41) is 12.2. The first-order valence-corrected chi connectivity index (χ1v) is 3.19. The van der Waals surface area contributed by atoms with Crippen LogP contribution in [0.5, 0.6) is 0 Å². The van der Waals surface area contributed by atoms with E-state index in [2.05, 4.69) is 12.2 Å². The van der Waals surface area contributed by atoms with E-state index in [-0.39, 0.29) is 29.6 Å². The molecule has 0 aliphatic carbocycles. The topological polar surface area (TPSA) is 90.5 Å². The molecular formula is C5H14N3NaO2. The van der Waals surface area contributed by atoms with Crippen molar-refractivity contribution in [3.8, 4) is 0 Å². The molecule has 0 heterocycles. The summed E-state index contributed by atoms with van der Waals surface area (Å²) in [6, 6.07) is 0. The molecule has 0 aromatic carbocycles. The van der Waals surface area contributed by atoms with E-state index in [0.29, 0.717) is 0 Å². The fourth-order valence-electron chi connectivity index (χ4n) is 0.404. The zero-order valence-corrected chi connectivity index (χ0v) is 9.17. The van der Waals surface area contributed by atoms with Gasteiger partial charge in [0.2, 0.25) is 0 Å².